The summed E-state index contributed by atoms with van der Waals surface area (Å²) < 4.78 is 0. The highest BCUT2D eigenvalue weighted by Gasteiger charge is 2.06. The Labute approximate surface area is 95.2 Å². The van der Waals surface area contributed by atoms with Crippen LogP contribution in [0.1, 0.15) is 16.7 Å². The van der Waals surface area contributed by atoms with Crippen LogP contribution in [0.4, 0.5) is 0 Å². The largest absolute Gasteiger partial charge is 0.255 e. The minimum atomic E-state index is 0.616. The van der Waals surface area contributed by atoms with E-state index in [1.54, 1.807) is 18.3 Å². The molecule has 0 radical (unpaired) electrons. The molecule has 0 aliphatic heterocycles. The minimum Gasteiger partial charge on any atom is -0.255 e. The van der Waals surface area contributed by atoms with Gasteiger partial charge in [-0.1, -0.05) is 12.1 Å². The smallest absolute Gasteiger partial charge is 0.101 e. The molecule has 1 aromatic heterocycles. The van der Waals surface area contributed by atoms with Gasteiger partial charge in [0.05, 0.1) is 11.3 Å². The van der Waals surface area contributed by atoms with Crippen molar-refractivity contribution in [1.82, 2.24) is 4.98 Å². The summed E-state index contributed by atoms with van der Waals surface area (Å²) in [5.41, 5.74) is 4.84. The maximum absolute atomic E-state index is 9.01. The highest BCUT2D eigenvalue weighted by molar-refractivity contribution is 5.67. The van der Waals surface area contributed by atoms with Crippen LogP contribution in [0.3, 0.4) is 0 Å². The van der Waals surface area contributed by atoms with Crippen LogP contribution in [0.15, 0.2) is 36.5 Å². The number of hydrogen-bond donors (Lipinski definition) is 0. The van der Waals surface area contributed by atoms with E-state index in [9.17, 15) is 0 Å². The zero-order valence-electron chi connectivity index (χ0n) is 9.36. The van der Waals surface area contributed by atoms with Gasteiger partial charge in [0.25, 0.3) is 0 Å². The fraction of sp³-hybridized carbons (Fsp3) is 0.143. The lowest BCUT2D eigenvalue weighted by molar-refractivity contribution is 1.28. The third-order valence-corrected chi connectivity index (χ3v) is 2.71. The third kappa shape index (κ3) is 1.80. The molecule has 2 nitrogen and oxygen atoms in total. The second-order valence-electron chi connectivity index (χ2n) is 3.81. The van der Waals surface area contributed by atoms with Crippen molar-refractivity contribution in [3.8, 4) is 17.3 Å². The lowest BCUT2D eigenvalue weighted by atomic mass is 10.0. The Balaban J connectivity index is 2.60. The van der Waals surface area contributed by atoms with E-state index in [4.69, 9.17) is 5.26 Å². The van der Waals surface area contributed by atoms with Crippen LogP contribution < -0.4 is 0 Å². The molecule has 0 bridgehead atoms. The number of nitrogens with zero attached hydrogens (tertiary/aromatic N) is 2. The van der Waals surface area contributed by atoms with E-state index in [0.717, 1.165) is 11.3 Å². The first-order valence-electron chi connectivity index (χ1n) is 5.15. The van der Waals surface area contributed by atoms with Crippen molar-refractivity contribution in [2.45, 2.75) is 13.8 Å². The molecule has 78 valence electrons. The molecule has 16 heavy (non-hydrogen) atoms. The summed E-state index contributed by atoms with van der Waals surface area (Å²) in [5.74, 6) is 0. The zero-order chi connectivity index (χ0) is 11.5. The quantitative estimate of drug-likeness (QED) is 0.721. The maximum Gasteiger partial charge on any atom is 0.101 e. The molecule has 0 fully saturated rings. The molecular formula is C14H12N2. The first kappa shape index (κ1) is 10.4. The van der Waals surface area contributed by atoms with E-state index >= 15 is 0 Å². The average Bonchev–Trinajstić information content (AvgIpc) is 2.32. The predicted molar refractivity (Wildman–Crippen MR) is 63.9 cm³/mol. The Kier molecular flexibility index (Phi) is 2.70. The first-order chi connectivity index (χ1) is 7.72. The van der Waals surface area contributed by atoms with Crippen molar-refractivity contribution in [3.63, 3.8) is 0 Å². The van der Waals surface area contributed by atoms with Crippen LogP contribution in [0.2, 0.25) is 0 Å². The van der Waals surface area contributed by atoms with Crippen molar-refractivity contribution >= 4 is 0 Å². The summed E-state index contributed by atoms with van der Waals surface area (Å²) >= 11 is 0. The second-order valence-corrected chi connectivity index (χ2v) is 3.81. The number of rotatable bonds is 1. The minimum absolute atomic E-state index is 0.616. The fourth-order valence-electron chi connectivity index (χ4n) is 1.61. The normalized spacial score (nSPS) is 9.81. The number of aryl methyl sites for hydroxylation is 2. The Bertz CT molecular complexity index is 565. The van der Waals surface area contributed by atoms with Gasteiger partial charge in [0.1, 0.15) is 6.07 Å². The Morgan fingerprint density at radius 2 is 1.94 bits per heavy atom. The molecule has 0 N–H and O–H groups in total. The van der Waals surface area contributed by atoms with E-state index in [2.05, 4.69) is 37.0 Å². The summed E-state index contributed by atoms with van der Waals surface area (Å²) in [7, 11) is 0. The molecule has 2 heteroatoms. The maximum atomic E-state index is 9.01. The van der Waals surface area contributed by atoms with Gasteiger partial charge in [-0.2, -0.15) is 5.26 Å². The van der Waals surface area contributed by atoms with E-state index in [1.165, 1.54) is 11.1 Å². The third-order valence-electron chi connectivity index (χ3n) is 2.71. The van der Waals surface area contributed by atoms with Crippen molar-refractivity contribution in [2.24, 2.45) is 0 Å². The summed E-state index contributed by atoms with van der Waals surface area (Å²) in [4.78, 5) is 4.27. The van der Waals surface area contributed by atoms with Crippen molar-refractivity contribution < 1.29 is 0 Å². The number of aromatic nitrogens is 1. The summed E-state index contributed by atoms with van der Waals surface area (Å²) in [6, 6.07) is 11.9. The zero-order valence-corrected chi connectivity index (χ0v) is 9.36. The molecule has 0 atom stereocenters. The molecule has 2 aromatic rings. The topological polar surface area (TPSA) is 36.7 Å². The van der Waals surface area contributed by atoms with E-state index < -0.39 is 0 Å². The standard InChI is InChI=1S/C14H12N2/c1-10-5-6-12(8-11(10)2)14-13(9-15)4-3-7-16-14/h3-8H,1-2H3. The molecule has 0 aliphatic carbocycles. The number of pyridine rings is 1. The molecule has 1 heterocycles. The van der Waals surface area contributed by atoms with Crippen LogP contribution in [0.25, 0.3) is 11.3 Å². The number of hydrogen-bond acceptors (Lipinski definition) is 2. The summed E-state index contributed by atoms with van der Waals surface area (Å²) in [6.45, 7) is 4.14. The van der Waals surface area contributed by atoms with Crippen molar-refractivity contribution in [3.05, 3.63) is 53.2 Å². The average molecular weight is 208 g/mol. The van der Waals surface area contributed by atoms with Crippen molar-refractivity contribution in [2.75, 3.05) is 0 Å². The number of nitriles is 1. The van der Waals surface area contributed by atoms with Gasteiger partial charge in [0.2, 0.25) is 0 Å². The van der Waals surface area contributed by atoms with Gasteiger partial charge in [-0.3, -0.25) is 4.98 Å². The molecule has 2 rings (SSSR count). The van der Waals surface area contributed by atoms with Gasteiger partial charge >= 0.3 is 0 Å². The van der Waals surface area contributed by atoms with Crippen LogP contribution in [0.5, 0.6) is 0 Å². The van der Waals surface area contributed by atoms with Crippen LogP contribution in [0, 0.1) is 25.2 Å². The van der Waals surface area contributed by atoms with Gasteiger partial charge in [0, 0.05) is 11.8 Å². The van der Waals surface area contributed by atoms with E-state index in [1.807, 2.05) is 6.07 Å². The second kappa shape index (κ2) is 4.16. The molecule has 0 amide bonds. The number of benzene rings is 1. The molecule has 0 spiro atoms. The van der Waals surface area contributed by atoms with Gasteiger partial charge in [-0.05, 0) is 43.2 Å². The van der Waals surface area contributed by atoms with Gasteiger partial charge < -0.3 is 0 Å². The molecule has 0 unspecified atom stereocenters. The van der Waals surface area contributed by atoms with Gasteiger partial charge in [-0.15, -0.1) is 0 Å². The predicted octanol–water partition coefficient (Wildman–Crippen LogP) is 3.24. The SMILES string of the molecule is Cc1ccc(-c2ncccc2C#N)cc1C. The first-order valence-corrected chi connectivity index (χ1v) is 5.15. The molecule has 0 saturated heterocycles. The molecule has 1 aromatic carbocycles. The summed E-state index contributed by atoms with van der Waals surface area (Å²) in [6.07, 6.45) is 1.71. The molecular weight excluding hydrogens is 196 g/mol. The molecule has 0 aliphatic rings. The van der Waals surface area contributed by atoms with Crippen LogP contribution in [-0.2, 0) is 0 Å². The fourth-order valence-corrected chi connectivity index (χ4v) is 1.61. The Hall–Kier alpha value is -2.14. The van der Waals surface area contributed by atoms with Crippen molar-refractivity contribution in [1.29, 1.82) is 5.26 Å². The van der Waals surface area contributed by atoms with Gasteiger partial charge in [-0.25, -0.2) is 0 Å². The van der Waals surface area contributed by atoms with Crippen LogP contribution in [-0.4, -0.2) is 4.98 Å². The lowest BCUT2D eigenvalue weighted by Gasteiger charge is -2.05. The Morgan fingerprint density at radius 1 is 1.12 bits per heavy atom. The lowest BCUT2D eigenvalue weighted by Crippen LogP contribution is -1.90. The van der Waals surface area contributed by atoms with Gasteiger partial charge in [0.15, 0.2) is 0 Å². The Morgan fingerprint density at radius 3 is 2.62 bits per heavy atom. The van der Waals surface area contributed by atoms with E-state index in [0.29, 0.717) is 5.56 Å². The molecule has 0 saturated carbocycles. The highest BCUT2D eigenvalue weighted by Crippen LogP contribution is 2.22. The highest BCUT2D eigenvalue weighted by atomic mass is 14.7. The summed E-state index contributed by atoms with van der Waals surface area (Å²) in [5, 5.41) is 9.01. The monoisotopic (exact) mass is 208 g/mol. The van der Waals surface area contributed by atoms with Crippen LogP contribution >= 0.6 is 0 Å². The van der Waals surface area contributed by atoms with E-state index in [-0.39, 0.29) is 0 Å².